The normalized spacial score (nSPS) is 11.8. The van der Waals surface area contributed by atoms with Gasteiger partial charge in [-0.3, -0.25) is 0 Å². The summed E-state index contributed by atoms with van der Waals surface area (Å²) in [7, 11) is 1.68. The molecule has 0 bridgehead atoms. The summed E-state index contributed by atoms with van der Waals surface area (Å²) in [6, 6.07) is 14.7. The number of carbonyl (C=O) groups is 1. The third kappa shape index (κ3) is 4.56. The van der Waals surface area contributed by atoms with Crippen molar-refractivity contribution in [2.75, 3.05) is 19.0 Å². The molecule has 2 aromatic rings. The molecule has 122 valence electrons. The molecule has 0 unspecified atom stereocenters. The molecular formula is C18H21BrN2O2. The summed E-state index contributed by atoms with van der Waals surface area (Å²) in [6.45, 7) is 1.93. The Labute approximate surface area is 145 Å². The van der Waals surface area contributed by atoms with Crippen LogP contribution in [0.5, 0.6) is 0 Å². The first kappa shape index (κ1) is 17.5. The Morgan fingerprint density at radius 2 is 2.00 bits per heavy atom. The molecule has 4 nitrogen and oxygen atoms in total. The van der Waals surface area contributed by atoms with Gasteiger partial charge in [0.2, 0.25) is 0 Å². The first-order chi connectivity index (χ1) is 11.0. The Balaban J connectivity index is 2.13. The quantitative estimate of drug-likeness (QED) is 0.820. The average molecular weight is 377 g/mol. The molecular weight excluding hydrogens is 356 g/mol. The monoisotopic (exact) mass is 376 g/mol. The molecule has 2 rings (SSSR count). The maximum Gasteiger partial charge on any atom is 0.322 e. The van der Waals surface area contributed by atoms with Crippen molar-refractivity contribution < 1.29 is 9.90 Å². The number of urea groups is 1. The lowest BCUT2D eigenvalue weighted by Crippen LogP contribution is -2.36. The largest absolute Gasteiger partial charge is 0.394 e. The Kier molecular flexibility index (Phi) is 6.19. The molecule has 1 atom stereocenters. The van der Waals surface area contributed by atoms with Crippen LogP contribution in [0.15, 0.2) is 53.0 Å². The van der Waals surface area contributed by atoms with E-state index in [0.29, 0.717) is 0 Å². The zero-order valence-corrected chi connectivity index (χ0v) is 14.9. The van der Waals surface area contributed by atoms with Crippen LogP contribution >= 0.6 is 15.9 Å². The maximum absolute atomic E-state index is 12.5. The summed E-state index contributed by atoms with van der Waals surface area (Å²) in [6.07, 6.45) is 0.914. The molecule has 0 heterocycles. The molecule has 2 aromatic carbocycles. The number of nitrogens with zero attached hydrogens (tertiary/aromatic N) is 1. The van der Waals surface area contributed by atoms with Gasteiger partial charge in [-0.2, -0.15) is 0 Å². The lowest BCUT2D eigenvalue weighted by Gasteiger charge is -2.27. The number of hydrogen-bond acceptors (Lipinski definition) is 2. The van der Waals surface area contributed by atoms with Gasteiger partial charge in [-0.05, 0) is 41.8 Å². The zero-order valence-electron chi connectivity index (χ0n) is 13.3. The molecule has 2 amide bonds. The SMILES string of the molecule is CCc1cccc(NC(=O)N(C)[C@@H](CO)c2cccc(Br)c2)c1. The number of anilines is 1. The number of carbonyl (C=O) groups excluding carboxylic acids is 1. The fraction of sp³-hybridized carbons (Fsp3) is 0.278. The average Bonchev–Trinajstić information content (AvgIpc) is 2.55. The van der Waals surface area contributed by atoms with Crippen LogP contribution in [0.3, 0.4) is 0 Å². The highest BCUT2D eigenvalue weighted by Crippen LogP contribution is 2.23. The fourth-order valence-corrected chi connectivity index (χ4v) is 2.80. The molecule has 0 radical (unpaired) electrons. The van der Waals surface area contributed by atoms with Crippen molar-refractivity contribution >= 4 is 27.6 Å². The van der Waals surface area contributed by atoms with Crippen LogP contribution in [0.1, 0.15) is 24.1 Å². The predicted octanol–water partition coefficient (Wildman–Crippen LogP) is 4.21. The lowest BCUT2D eigenvalue weighted by molar-refractivity contribution is 0.159. The zero-order chi connectivity index (χ0) is 16.8. The molecule has 0 aliphatic rings. The topological polar surface area (TPSA) is 52.6 Å². The van der Waals surface area contributed by atoms with E-state index in [1.165, 1.54) is 4.90 Å². The number of rotatable bonds is 5. The van der Waals surface area contributed by atoms with Crippen LogP contribution in [-0.2, 0) is 6.42 Å². The van der Waals surface area contributed by atoms with E-state index in [1.807, 2.05) is 48.5 Å². The van der Waals surface area contributed by atoms with Gasteiger partial charge in [-0.15, -0.1) is 0 Å². The van der Waals surface area contributed by atoms with Crippen molar-refractivity contribution in [1.29, 1.82) is 0 Å². The van der Waals surface area contributed by atoms with Crippen molar-refractivity contribution in [1.82, 2.24) is 4.90 Å². The number of benzene rings is 2. The van der Waals surface area contributed by atoms with Gasteiger partial charge in [0.15, 0.2) is 0 Å². The maximum atomic E-state index is 12.5. The van der Waals surface area contributed by atoms with Crippen LogP contribution in [0.25, 0.3) is 0 Å². The molecule has 0 saturated carbocycles. The van der Waals surface area contributed by atoms with Crippen molar-refractivity contribution in [2.24, 2.45) is 0 Å². The number of hydrogen-bond donors (Lipinski definition) is 2. The van der Waals surface area contributed by atoms with Gasteiger partial charge in [0.05, 0.1) is 12.6 Å². The van der Waals surface area contributed by atoms with Gasteiger partial charge in [-0.25, -0.2) is 4.79 Å². The van der Waals surface area contributed by atoms with Crippen molar-refractivity contribution in [3.63, 3.8) is 0 Å². The third-order valence-corrected chi connectivity index (χ3v) is 4.27. The summed E-state index contributed by atoms with van der Waals surface area (Å²) < 4.78 is 0.915. The highest BCUT2D eigenvalue weighted by Gasteiger charge is 2.21. The van der Waals surface area contributed by atoms with Crippen LogP contribution in [0.2, 0.25) is 0 Å². The fourth-order valence-electron chi connectivity index (χ4n) is 2.39. The number of halogens is 1. The highest BCUT2D eigenvalue weighted by molar-refractivity contribution is 9.10. The second-order valence-corrected chi connectivity index (χ2v) is 6.26. The van der Waals surface area contributed by atoms with Gasteiger partial charge in [0.25, 0.3) is 0 Å². The summed E-state index contributed by atoms with van der Waals surface area (Å²) in [5, 5.41) is 12.6. The van der Waals surface area contributed by atoms with E-state index in [1.54, 1.807) is 7.05 Å². The summed E-state index contributed by atoms with van der Waals surface area (Å²) in [5.41, 5.74) is 2.80. The Morgan fingerprint density at radius 1 is 1.26 bits per heavy atom. The number of amides is 2. The minimum Gasteiger partial charge on any atom is -0.394 e. The highest BCUT2D eigenvalue weighted by atomic mass is 79.9. The molecule has 23 heavy (non-hydrogen) atoms. The standard InChI is InChI=1S/C18H21BrN2O2/c1-3-13-6-4-9-16(10-13)20-18(23)21(2)17(12-22)14-7-5-8-15(19)11-14/h4-11,17,22H,3,12H2,1-2H3,(H,20,23)/t17-/m0/s1. The van der Waals surface area contributed by atoms with E-state index < -0.39 is 6.04 Å². The van der Waals surface area contributed by atoms with Gasteiger partial charge in [0.1, 0.15) is 0 Å². The van der Waals surface area contributed by atoms with E-state index in [9.17, 15) is 9.90 Å². The minimum absolute atomic E-state index is 0.143. The first-order valence-corrected chi connectivity index (χ1v) is 8.33. The van der Waals surface area contributed by atoms with E-state index in [0.717, 1.165) is 27.7 Å². The van der Waals surface area contributed by atoms with E-state index in [2.05, 4.69) is 28.2 Å². The van der Waals surface area contributed by atoms with Crippen LogP contribution in [0, 0.1) is 0 Å². The number of aliphatic hydroxyl groups is 1. The molecule has 0 saturated heterocycles. The molecule has 0 aromatic heterocycles. The van der Waals surface area contributed by atoms with E-state index in [-0.39, 0.29) is 12.6 Å². The van der Waals surface area contributed by atoms with E-state index in [4.69, 9.17) is 0 Å². The van der Waals surface area contributed by atoms with Gasteiger partial charge in [0, 0.05) is 17.2 Å². The first-order valence-electron chi connectivity index (χ1n) is 7.54. The van der Waals surface area contributed by atoms with Crippen molar-refractivity contribution in [3.05, 3.63) is 64.1 Å². The summed E-state index contributed by atoms with van der Waals surface area (Å²) in [4.78, 5) is 14.0. The Bertz CT molecular complexity index is 676. The Hall–Kier alpha value is -1.85. The number of likely N-dealkylation sites (N-methyl/N-ethyl adjacent to an activating group) is 1. The molecule has 2 N–H and O–H groups in total. The molecule has 0 spiro atoms. The van der Waals surface area contributed by atoms with Crippen molar-refractivity contribution in [2.45, 2.75) is 19.4 Å². The molecule has 5 heteroatoms. The van der Waals surface area contributed by atoms with Crippen LogP contribution in [0.4, 0.5) is 10.5 Å². The second-order valence-electron chi connectivity index (χ2n) is 5.35. The predicted molar refractivity (Wildman–Crippen MR) is 96.6 cm³/mol. The number of aryl methyl sites for hydroxylation is 1. The smallest absolute Gasteiger partial charge is 0.322 e. The van der Waals surface area contributed by atoms with E-state index >= 15 is 0 Å². The number of nitrogens with one attached hydrogen (secondary N) is 1. The van der Waals surface area contributed by atoms with Crippen LogP contribution in [-0.4, -0.2) is 29.7 Å². The second kappa shape index (κ2) is 8.13. The van der Waals surface area contributed by atoms with Crippen molar-refractivity contribution in [3.8, 4) is 0 Å². The Morgan fingerprint density at radius 3 is 2.65 bits per heavy atom. The van der Waals surface area contributed by atoms with Gasteiger partial charge < -0.3 is 15.3 Å². The van der Waals surface area contributed by atoms with Crippen LogP contribution < -0.4 is 5.32 Å². The van der Waals surface area contributed by atoms with Gasteiger partial charge in [-0.1, -0.05) is 47.1 Å². The summed E-state index contributed by atoms with van der Waals surface area (Å²) in [5.74, 6) is 0. The summed E-state index contributed by atoms with van der Waals surface area (Å²) >= 11 is 3.41. The third-order valence-electron chi connectivity index (χ3n) is 3.78. The molecule has 0 aliphatic heterocycles. The minimum atomic E-state index is -0.401. The number of aliphatic hydroxyl groups excluding tert-OH is 1. The van der Waals surface area contributed by atoms with Gasteiger partial charge >= 0.3 is 6.03 Å². The lowest BCUT2D eigenvalue weighted by atomic mass is 10.1. The molecule has 0 fully saturated rings. The molecule has 0 aliphatic carbocycles.